The molecule has 0 saturated heterocycles. The van der Waals surface area contributed by atoms with Crippen molar-refractivity contribution in [3.8, 4) is 22.6 Å². The van der Waals surface area contributed by atoms with Crippen molar-refractivity contribution >= 4 is 0 Å². The first-order valence-electron chi connectivity index (χ1n) is 12.4. The highest BCUT2D eigenvalue weighted by atomic mass is 19.1. The van der Waals surface area contributed by atoms with Crippen LogP contribution in [-0.4, -0.2) is 21.0 Å². The lowest BCUT2D eigenvalue weighted by molar-refractivity contribution is 0.246. The lowest BCUT2D eigenvalue weighted by Gasteiger charge is -2.24. The predicted molar refractivity (Wildman–Crippen MR) is 139 cm³/mol. The van der Waals surface area contributed by atoms with Crippen molar-refractivity contribution in [1.82, 2.24) is 14.5 Å². The molecular formula is C30H34FN3. The molecule has 0 saturated carbocycles. The van der Waals surface area contributed by atoms with Crippen molar-refractivity contribution < 1.29 is 4.39 Å². The van der Waals surface area contributed by atoms with Crippen LogP contribution >= 0.6 is 0 Å². The molecule has 1 aromatic heterocycles. The van der Waals surface area contributed by atoms with E-state index in [1.807, 2.05) is 24.3 Å². The molecule has 0 aliphatic heterocycles. The summed E-state index contributed by atoms with van der Waals surface area (Å²) in [6, 6.07) is 27.9. The minimum Gasteiger partial charge on any atom is -0.326 e. The summed E-state index contributed by atoms with van der Waals surface area (Å²) in [5, 5.41) is 0. The second-order valence-corrected chi connectivity index (χ2v) is 8.81. The Morgan fingerprint density at radius 3 is 2.03 bits per heavy atom. The fraction of sp³-hybridized carbons (Fsp3) is 0.300. The van der Waals surface area contributed by atoms with Gasteiger partial charge in [-0.25, -0.2) is 9.37 Å². The molecule has 4 heteroatoms. The van der Waals surface area contributed by atoms with Gasteiger partial charge in [0, 0.05) is 30.8 Å². The molecule has 176 valence electrons. The highest BCUT2D eigenvalue weighted by molar-refractivity contribution is 5.68. The molecule has 0 amide bonds. The summed E-state index contributed by atoms with van der Waals surface area (Å²) in [5.41, 5.74) is 5.70. The highest BCUT2D eigenvalue weighted by Crippen LogP contribution is 2.31. The molecule has 0 aliphatic carbocycles. The fourth-order valence-electron chi connectivity index (χ4n) is 4.40. The van der Waals surface area contributed by atoms with Crippen molar-refractivity contribution in [3.05, 3.63) is 102 Å². The maximum absolute atomic E-state index is 13.5. The Morgan fingerprint density at radius 1 is 0.765 bits per heavy atom. The molecule has 0 aliphatic rings. The van der Waals surface area contributed by atoms with E-state index in [0.29, 0.717) is 0 Å². The molecule has 1 heterocycles. The summed E-state index contributed by atoms with van der Waals surface area (Å²) < 4.78 is 15.9. The second-order valence-electron chi connectivity index (χ2n) is 8.81. The standard InChI is InChI=1S/C30H34FN3/c1-3-5-21-33(22-24-16-18-27(31)19-17-24)23-28-29(25-12-8-6-9-13-25)32-30(34(28)20-4-2)26-14-10-7-11-15-26/h6-19H,3-5,20-23H2,1-2H3. The number of halogens is 1. The van der Waals surface area contributed by atoms with Crippen molar-refractivity contribution in [2.24, 2.45) is 0 Å². The fourth-order valence-corrected chi connectivity index (χ4v) is 4.40. The van der Waals surface area contributed by atoms with E-state index in [1.54, 1.807) is 12.1 Å². The average molecular weight is 456 g/mol. The Hall–Kier alpha value is -3.24. The SMILES string of the molecule is CCCCN(Cc1ccc(F)cc1)Cc1c(-c2ccccc2)nc(-c2ccccc2)n1CCC. The van der Waals surface area contributed by atoms with Gasteiger partial charge in [0.2, 0.25) is 0 Å². The molecule has 0 radical (unpaired) electrons. The largest absolute Gasteiger partial charge is 0.326 e. The first-order valence-corrected chi connectivity index (χ1v) is 12.4. The number of benzene rings is 3. The van der Waals surface area contributed by atoms with Crippen LogP contribution in [0.25, 0.3) is 22.6 Å². The van der Waals surface area contributed by atoms with Crippen molar-refractivity contribution in [2.75, 3.05) is 6.54 Å². The van der Waals surface area contributed by atoms with E-state index in [9.17, 15) is 4.39 Å². The van der Waals surface area contributed by atoms with E-state index < -0.39 is 0 Å². The molecule has 0 N–H and O–H groups in total. The van der Waals surface area contributed by atoms with Gasteiger partial charge in [-0.3, -0.25) is 4.90 Å². The quantitative estimate of drug-likeness (QED) is 0.233. The molecule has 34 heavy (non-hydrogen) atoms. The third-order valence-corrected chi connectivity index (χ3v) is 6.12. The maximum Gasteiger partial charge on any atom is 0.140 e. The van der Waals surface area contributed by atoms with Crippen molar-refractivity contribution in [3.63, 3.8) is 0 Å². The van der Waals surface area contributed by atoms with Crippen LogP contribution in [0.2, 0.25) is 0 Å². The molecule has 0 atom stereocenters. The molecular weight excluding hydrogens is 421 g/mol. The zero-order valence-corrected chi connectivity index (χ0v) is 20.3. The van der Waals surface area contributed by atoms with Crippen LogP contribution in [0.4, 0.5) is 4.39 Å². The average Bonchev–Trinajstić information content (AvgIpc) is 3.23. The molecule has 3 nitrogen and oxygen atoms in total. The van der Waals surface area contributed by atoms with E-state index in [4.69, 9.17) is 4.98 Å². The Labute approximate surface area is 202 Å². The lowest BCUT2D eigenvalue weighted by atomic mass is 10.1. The maximum atomic E-state index is 13.5. The number of hydrogen-bond acceptors (Lipinski definition) is 2. The number of nitrogens with zero attached hydrogens (tertiary/aromatic N) is 3. The number of unbranched alkanes of at least 4 members (excludes halogenated alkanes) is 1. The van der Waals surface area contributed by atoms with Crippen molar-refractivity contribution in [1.29, 1.82) is 0 Å². The molecule has 4 rings (SSSR count). The third kappa shape index (κ3) is 5.81. The zero-order valence-electron chi connectivity index (χ0n) is 20.3. The molecule has 0 unspecified atom stereocenters. The Morgan fingerprint density at radius 2 is 1.41 bits per heavy atom. The van der Waals surface area contributed by atoms with E-state index in [1.165, 1.54) is 5.69 Å². The lowest BCUT2D eigenvalue weighted by Crippen LogP contribution is -2.26. The Balaban J connectivity index is 1.77. The summed E-state index contributed by atoms with van der Waals surface area (Å²) >= 11 is 0. The smallest absolute Gasteiger partial charge is 0.140 e. The van der Waals surface area contributed by atoms with Gasteiger partial charge in [0.1, 0.15) is 11.6 Å². The molecule has 0 fully saturated rings. The van der Waals surface area contributed by atoms with Gasteiger partial charge in [-0.2, -0.15) is 0 Å². The zero-order chi connectivity index (χ0) is 23.8. The summed E-state index contributed by atoms with van der Waals surface area (Å²) in [6.45, 7) is 7.92. The number of hydrogen-bond donors (Lipinski definition) is 0. The minimum atomic E-state index is -0.191. The topological polar surface area (TPSA) is 21.1 Å². The Bertz CT molecular complexity index is 1150. The number of imidazole rings is 1. The van der Waals surface area contributed by atoms with Crippen molar-refractivity contribution in [2.45, 2.75) is 52.7 Å². The van der Waals surface area contributed by atoms with Crippen LogP contribution < -0.4 is 0 Å². The summed E-state index contributed by atoms with van der Waals surface area (Å²) in [6.07, 6.45) is 3.29. The van der Waals surface area contributed by atoms with E-state index in [0.717, 1.165) is 73.7 Å². The first-order chi connectivity index (χ1) is 16.7. The number of aromatic nitrogens is 2. The van der Waals surface area contributed by atoms with Gasteiger partial charge in [0.25, 0.3) is 0 Å². The van der Waals surface area contributed by atoms with Gasteiger partial charge >= 0.3 is 0 Å². The van der Waals surface area contributed by atoms with Gasteiger partial charge in [-0.15, -0.1) is 0 Å². The molecule has 0 bridgehead atoms. The van der Waals surface area contributed by atoms with E-state index in [-0.39, 0.29) is 5.82 Å². The molecule has 0 spiro atoms. The van der Waals surface area contributed by atoms with Gasteiger partial charge in [-0.1, -0.05) is 93.1 Å². The van der Waals surface area contributed by atoms with Crippen LogP contribution in [0.3, 0.4) is 0 Å². The summed E-state index contributed by atoms with van der Waals surface area (Å²) in [4.78, 5) is 7.68. The monoisotopic (exact) mass is 455 g/mol. The first kappa shape index (κ1) is 23.9. The van der Waals surface area contributed by atoms with Crippen LogP contribution in [-0.2, 0) is 19.6 Å². The van der Waals surface area contributed by atoms with Gasteiger partial charge in [0.15, 0.2) is 0 Å². The Kier molecular flexibility index (Phi) is 8.26. The van der Waals surface area contributed by atoms with Gasteiger partial charge in [0.05, 0.1) is 11.4 Å². The molecule has 4 aromatic rings. The normalized spacial score (nSPS) is 11.3. The van der Waals surface area contributed by atoms with Crippen LogP contribution in [0.5, 0.6) is 0 Å². The van der Waals surface area contributed by atoms with Crippen LogP contribution in [0, 0.1) is 5.82 Å². The van der Waals surface area contributed by atoms with E-state index in [2.05, 4.69) is 71.8 Å². The van der Waals surface area contributed by atoms with E-state index >= 15 is 0 Å². The third-order valence-electron chi connectivity index (χ3n) is 6.12. The number of rotatable bonds is 11. The second kappa shape index (κ2) is 11.8. The highest BCUT2D eigenvalue weighted by Gasteiger charge is 2.21. The minimum absolute atomic E-state index is 0.191. The van der Waals surface area contributed by atoms with Gasteiger partial charge in [-0.05, 0) is 37.1 Å². The van der Waals surface area contributed by atoms with Crippen LogP contribution in [0.15, 0.2) is 84.9 Å². The van der Waals surface area contributed by atoms with Gasteiger partial charge < -0.3 is 4.57 Å². The predicted octanol–water partition coefficient (Wildman–Crippen LogP) is 7.57. The van der Waals surface area contributed by atoms with Crippen LogP contribution in [0.1, 0.15) is 44.4 Å². The summed E-state index contributed by atoms with van der Waals surface area (Å²) in [5.74, 6) is 0.831. The summed E-state index contributed by atoms with van der Waals surface area (Å²) in [7, 11) is 0. The molecule has 3 aromatic carbocycles.